The number of rotatable bonds is 3. The highest BCUT2D eigenvalue weighted by molar-refractivity contribution is 9.10. The van der Waals surface area contributed by atoms with Crippen molar-refractivity contribution in [3.05, 3.63) is 46.3 Å². The molecule has 0 bridgehead atoms. The monoisotopic (exact) mass is 386 g/mol. The summed E-state index contributed by atoms with van der Waals surface area (Å²) in [7, 11) is -3.32. The molecule has 3 rings (SSSR count). The molecule has 1 aliphatic rings. The Bertz CT molecular complexity index is 708. The van der Waals surface area contributed by atoms with Crippen LogP contribution in [-0.2, 0) is 10.0 Å². The van der Waals surface area contributed by atoms with Crippen molar-refractivity contribution in [1.82, 2.24) is 4.31 Å². The molecule has 0 spiro atoms. The van der Waals surface area contributed by atoms with Crippen LogP contribution in [0.5, 0.6) is 0 Å². The molecule has 2 aromatic rings. The van der Waals surface area contributed by atoms with Crippen molar-refractivity contribution < 1.29 is 8.42 Å². The predicted octanol–water partition coefficient (Wildman–Crippen LogP) is 3.02. The van der Waals surface area contributed by atoms with Crippen molar-refractivity contribution in [2.24, 2.45) is 0 Å². The minimum atomic E-state index is -3.32. The van der Waals surface area contributed by atoms with Gasteiger partial charge in [-0.05, 0) is 29.6 Å². The fraction of sp³-hybridized carbons (Fsp3) is 0.286. The second kappa shape index (κ2) is 6.08. The molecule has 112 valence electrons. The topological polar surface area (TPSA) is 40.6 Å². The van der Waals surface area contributed by atoms with Crippen molar-refractivity contribution in [3.63, 3.8) is 0 Å². The van der Waals surface area contributed by atoms with Gasteiger partial charge in [0.2, 0.25) is 0 Å². The largest absolute Gasteiger partial charge is 0.369 e. The molecule has 0 atom stereocenters. The lowest BCUT2D eigenvalue weighted by Gasteiger charge is -2.35. The molecule has 21 heavy (non-hydrogen) atoms. The number of hydrogen-bond donors (Lipinski definition) is 0. The summed E-state index contributed by atoms with van der Waals surface area (Å²) in [5.41, 5.74) is 1.12. The summed E-state index contributed by atoms with van der Waals surface area (Å²) in [5.74, 6) is 0. The van der Waals surface area contributed by atoms with E-state index in [1.165, 1.54) is 11.3 Å². The molecule has 0 N–H and O–H groups in total. The second-order valence-electron chi connectivity index (χ2n) is 4.80. The molecule has 1 aromatic heterocycles. The molecule has 0 unspecified atom stereocenters. The van der Waals surface area contributed by atoms with Crippen LogP contribution in [0.4, 0.5) is 5.69 Å². The number of nitrogens with zero attached hydrogens (tertiary/aromatic N) is 2. The summed E-state index contributed by atoms with van der Waals surface area (Å²) >= 11 is 4.74. The molecule has 0 radical (unpaired) electrons. The maximum absolute atomic E-state index is 12.5. The average molecular weight is 387 g/mol. The summed E-state index contributed by atoms with van der Waals surface area (Å²) < 4.78 is 28.0. The number of thiophene rings is 1. The summed E-state index contributed by atoms with van der Waals surface area (Å²) in [6.07, 6.45) is 0. The Hall–Kier alpha value is -0.890. The number of sulfonamides is 1. The minimum absolute atomic E-state index is 0.429. The zero-order chi connectivity index (χ0) is 14.9. The summed E-state index contributed by atoms with van der Waals surface area (Å²) in [6, 6.07) is 11.5. The Balaban J connectivity index is 1.71. The molecule has 1 fully saturated rings. The lowest BCUT2D eigenvalue weighted by Crippen LogP contribution is -2.48. The summed E-state index contributed by atoms with van der Waals surface area (Å²) in [6.45, 7) is 2.46. The van der Waals surface area contributed by atoms with Gasteiger partial charge in [0, 0.05) is 36.3 Å². The van der Waals surface area contributed by atoms with Crippen molar-refractivity contribution >= 4 is 43.0 Å². The van der Waals surface area contributed by atoms with E-state index >= 15 is 0 Å². The van der Waals surface area contributed by atoms with Crippen molar-refractivity contribution in [3.8, 4) is 0 Å². The maximum Gasteiger partial charge on any atom is 0.252 e. The molecule has 0 amide bonds. The van der Waals surface area contributed by atoms with Gasteiger partial charge in [-0.25, -0.2) is 8.42 Å². The van der Waals surface area contributed by atoms with Gasteiger partial charge < -0.3 is 4.90 Å². The van der Waals surface area contributed by atoms with Crippen LogP contribution in [0.15, 0.2) is 50.5 Å². The van der Waals surface area contributed by atoms with Gasteiger partial charge in [-0.15, -0.1) is 11.3 Å². The van der Waals surface area contributed by atoms with Crippen LogP contribution < -0.4 is 4.90 Å². The Morgan fingerprint density at radius 1 is 1.05 bits per heavy atom. The van der Waals surface area contributed by atoms with Crippen molar-refractivity contribution in [2.45, 2.75) is 4.21 Å². The lowest BCUT2D eigenvalue weighted by atomic mass is 10.2. The highest BCUT2D eigenvalue weighted by Gasteiger charge is 2.29. The van der Waals surface area contributed by atoms with Crippen LogP contribution in [0.2, 0.25) is 0 Å². The molecule has 0 saturated carbocycles. The molecule has 7 heteroatoms. The fourth-order valence-corrected chi connectivity index (χ4v) is 5.35. The first-order valence-electron chi connectivity index (χ1n) is 6.61. The quantitative estimate of drug-likeness (QED) is 0.813. The van der Waals surface area contributed by atoms with Crippen LogP contribution in [0.3, 0.4) is 0 Å². The zero-order valence-corrected chi connectivity index (χ0v) is 14.5. The van der Waals surface area contributed by atoms with E-state index in [0.717, 1.165) is 10.2 Å². The molecule has 1 aliphatic heterocycles. The normalized spacial score (nSPS) is 17.1. The zero-order valence-electron chi connectivity index (χ0n) is 11.3. The van der Waals surface area contributed by atoms with Gasteiger partial charge in [-0.1, -0.05) is 28.1 Å². The highest BCUT2D eigenvalue weighted by atomic mass is 79.9. The SMILES string of the molecule is O=S(=O)(c1cccs1)N1CCN(c2cccc(Br)c2)CC1. The Kier molecular flexibility index (Phi) is 4.35. The Labute approximate surface area is 137 Å². The number of benzene rings is 1. The second-order valence-corrected chi connectivity index (χ2v) is 8.83. The molecule has 0 aliphatic carbocycles. The van der Waals surface area contributed by atoms with E-state index in [1.54, 1.807) is 21.8 Å². The predicted molar refractivity (Wildman–Crippen MR) is 89.4 cm³/mol. The van der Waals surface area contributed by atoms with Gasteiger partial charge in [-0.2, -0.15) is 4.31 Å². The van der Waals surface area contributed by atoms with E-state index in [4.69, 9.17) is 0 Å². The van der Waals surface area contributed by atoms with Crippen LogP contribution in [0, 0.1) is 0 Å². The van der Waals surface area contributed by atoms with E-state index in [0.29, 0.717) is 30.4 Å². The first kappa shape index (κ1) is 15.0. The third kappa shape index (κ3) is 3.15. The molecule has 1 saturated heterocycles. The van der Waals surface area contributed by atoms with Crippen molar-refractivity contribution in [1.29, 1.82) is 0 Å². The van der Waals surface area contributed by atoms with Crippen LogP contribution in [-0.4, -0.2) is 38.9 Å². The van der Waals surface area contributed by atoms with Gasteiger partial charge in [0.05, 0.1) is 0 Å². The van der Waals surface area contributed by atoms with E-state index in [1.807, 2.05) is 18.2 Å². The Morgan fingerprint density at radius 2 is 1.81 bits per heavy atom. The maximum atomic E-state index is 12.5. The highest BCUT2D eigenvalue weighted by Crippen LogP contribution is 2.25. The van der Waals surface area contributed by atoms with Crippen LogP contribution in [0.25, 0.3) is 0 Å². The van der Waals surface area contributed by atoms with Gasteiger partial charge in [0.1, 0.15) is 4.21 Å². The number of hydrogen-bond acceptors (Lipinski definition) is 4. The smallest absolute Gasteiger partial charge is 0.252 e. The number of piperazine rings is 1. The van der Waals surface area contributed by atoms with Crippen molar-refractivity contribution in [2.75, 3.05) is 31.1 Å². The van der Waals surface area contributed by atoms with Gasteiger partial charge in [0.15, 0.2) is 0 Å². The molecule has 4 nitrogen and oxygen atoms in total. The minimum Gasteiger partial charge on any atom is -0.369 e. The molecule has 2 heterocycles. The Morgan fingerprint density at radius 3 is 2.43 bits per heavy atom. The number of halogens is 1. The first-order valence-corrected chi connectivity index (χ1v) is 9.73. The van der Waals surface area contributed by atoms with E-state index in [2.05, 4.69) is 26.9 Å². The average Bonchev–Trinajstić information content (AvgIpc) is 3.02. The van der Waals surface area contributed by atoms with Gasteiger partial charge in [-0.3, -0.25) is 0 Å². The van der Waals surface area contributed by atoms with Crippen LogP contribution >= 0.6 is 27.3 Å². The van der Waals surface area contributed by atoms with Gasteiger partial charge >= 0.3 is 0 Å². The fourth-order valence-electron chi connectivity index (χ4n) is 2.40. The van der Waals surface area contributed by atoms with E-state index in [-0.39, 0.29) is 0 Å². The van der Waals surface area contributed by atoms with E-state index in [9.17, 15) is 8.42 Å². The standard InChI is InChI=1S/C14H15BrN2O2S2/c15-12-3-1-4-13(11-12)16-6-8-17(9-7-16)21(18,19)14-5-2-10-20-14/h1-5,10-11H,6-9H2. The molecular formula is C14H15BrN2O2S2. The number of anilines is 1. The molecular weight excluding hydrogens is 372 g/mol. The molecule has 1 aromatic carbocycles. The third-order valence-corrected chi connectivity index (χ3v) is 7.27. The van der Waals surface area contributed by atoms with E-state index < -0.39 is 10.0 Å². The van der Waals surface area contributed by atoms with Gasteiger partial charge in [0.25, 0.3) is 10.0 Å². The summed E-state index contributed by atoms with van der Waals surface area (Å²) in [4.78, 5) is 2.21. The lowest BCUT2D eigenvalue weighted by molar-refractivity contribution is 0.386. The third-order valence-electron chi connectivity index (χ3n) is 3.50. The van der Waals surface area contributed by atoms with Crippen LogP contribution in [0.1, 0.15) is 0 Å². The first-order chi connectivity index (χ1) is 10.1. The summed E-state index contributed by atoms with van der Waals surface area (Å²) in [5, 5.41) is 1.80.